The first-order valence-corrected chi connectivity index (χ1v) is 9.70. The number of rotatable bonds is 6. The number of benzene rings is 1. The van der Waals surface area contributed by atoms with Crippen LogP contribution in [0.25, 0.3) is 0 Å². The van der Waals surface area contributed by atoms with Crippen LogP contribution in [0.4, 0.5) is 0 Å². The van der Waals surface area contributed by atoms with Gasteiger partial charge in [0.25, 0.3) is 0 Å². The van der Waals surface area contributed by atoms with E-state index in [1.165, 1.54) is 12.3 Å². The van der Waals surface area contributed by atoms with Crippen molar-refractivity contribution in [1.82, 2.24) is 9.71 Å². The van der Waals surface area contributed by atoms with Crippen molar-refractivity contribution in [3.05, 3.63) is 58.9 Å². The third-order valence-electron chi connectivity index (χ3n) is 4.05. The number of methoxy groups -OCH3 is 1. The molecule has 25 heavy (non-hydrogen) atoms. The smallest absolute Gasteiger partial charge is 0.239 e. The number of hydrogen-bond acceptors (Lipinski definition) is 5. The van der Waals surface area contributed by atoms with Crippen LogP contribution in [0.15, 0.2) is 42.6 Å². The first-order valence-electron chi connectivity index (χ1n) is 7.66. The summed E-state index contributed by atoms with van der Waals surface area (Å²) in [6.45, 7) is 0. The lowest BCUT2D eigenvalue weighted by Gasteiger charge is -2.07. The number of aromatic nitrogens is 1. The predicted octanol–water partition coefficient (Wildman–Crippen LogP) is 2.49. The Kier molecular flexibility index (Phi) is 4.96. The average Bonchev–Trinajstić information content (AvgIpc) is 3.37. The van der Waals surface area contributed by atoms with Gasteiger partial charge in [0.1, 0.15) is 10.9 Å². The van der Waals surface area contributed by atoms with Gasteiger partial charge in [0.05, 0.1) is 12.9 Å². The van der Waals surface area contributed by atoms with Crippen molar-refractivity contribution in [3.8, 4) is 5.75 Å². The maximum atomic E-state index is 12.2. The third-order valence-corrected chi connectivity index (χ3v) is 5.50. The van der Waals surface area contributed by atoms with Gasteiger partial charge in [0.2, 0.25) is 15.9 Å². The van der Waals surface area contributed by atoms with Crippen molar-refractivity contribution >= 4 is 27.5 Å². The fourth-order valence-electron chi connectivity index (χ4n) is 2.70. The predicted molar refractivity (Wildman–Crippen MR) is 93.9 cm³/mol. The number of halogens is 1. The van der Waals surface area contributed by atoms with E-state index in [1.54, 1.807) is 13.2 Å². The lowest BCUT2D eigenvalue weighted by Crippen LogP contribution is -2.33. The van der Waals surface area contributed by atoms with Crippen molar-refractivity contribution in [2.75, 3.05) is 7.11 Å². The van der Waals surface area contributed by atoms with Crippen LogP contribution >= 0.6 is 11.6 Å². The molecule has 0 unspecified atom stereocenters. The van der Waals surface area contributed by atoms with E-state index in [1.807, 2.05) is 24.3 Å². The number of pyridine rings is 1. The molecule has 1 amide bonds. The summed E-state index contributed by atoms with van der Waals surface area (Å²) in [5, 5.41) is 0.282. The zero-order chi connectivity index (χ0) is 18.0. The Morgan fingerprint density at radius 1 is 1.36 bits per heavy atom. The summed E-state index contributed by atoms with van der Waals surface area (Å²) in [6.07, 6.45) is 2.00. The maximum absolute atomic E-state index is 12.2. The second-order valence-electron chi connectivity index (χ2n) is 5.94. The van der Waals surface area contributed by atoms with E-state index < -0.39 is 15.9 Å². The quantitative estimate of drug-likeness (QED) is 0.778. The normalized spacial score (nSPS) is 19.3. The van der Waals surface area contributed by atoms with Crippen LogP contribution < -0.4 is 9.46 Å². The standard InChI is InChI=1S/C17H17ClN2O4S/c1-24-13-4-2-3-12(7-13)14-8-15(14)17(21)20-25(22,23)10-11-5-6-16(18)19-9-11/h2-7,9,14-15H,8,10H2,1H3,(H,20,21)/t14-,15-/m1/s1. The molecule has 132 valence electrons. The molecule has 0 bridgehead atoms. The fraction of sp³-hybridized carbons (Fsp3) is 0.294. The van der Waals surface area contributed by atoms with Crippen LogP contribution in [0, 0.1) is 5.92 Å². The summed E-state index contributed by atoms with van der Waals surface area (Å²) in [5.74, 6) is -0.409. The minimum Gasteiger partial charge on any atom is -0.497 e. The minimum absolute atomic E-state index is 0.0162. The molecule has 1 aromatic heterocycles. The van der Waals surface area contributed by atoms with Gasteiger partial charge in [-0.3, -0.25) is 9.52 Å². The van der Waals surface area contributed by atoms with Gasteiger partial charge in [-0.05, 0) is 41.7 Å². The topological polar surface area (TPSA) is 85.4 Å². The second kappa shape index (κ2) is 7.01. The molecule has 1 aliphatic carbocycles. The van der Waals surface area contributed by atoms with E-state index in [-0.39, 0.29) is 22.7 Å². The van der Waals surface area contributed by atoms with Gasteiger partial charge in [-0.2, -0.15) is 0 Å². The summed E-state index contributed by atoms with van der Waals surface area (Å²) in [6, 6.07) is 10.5. The summed E-state index contributed by atoms with van der Waals surface area (Å²) in [4.78, 5) is 16.1. The average molecular weight is 381 g/mol. The summed E-state index contributed by atoms with van der Waals surface area (Å²) < 4.78 is 31.6. The molecule has 2 atom stereocenters. The highest BCUT2D eigenvalue weighted by Gasteiger charge is 2.45. The number of carbonyl (C=O) groups is 1. The zero-order valence-corrected chi connectivity index (χ0v) is 15.0. The molecule has 0 radical (unpaired) electrons. The Hall–Kier alpha value is -2.12. The molecule has 1 aliphatic rings. The van der Waals surface area contributed by atoms with Crippen molar-refractivity contribution in [2.24, 2.45) is 5.92 Å². The van der Waals surface area contributed by atoms with Gasteiger partial charge in [-0.1, -0.05) is 29.8 Å². The van der Waals surface area contributed by atoms with Gasteiger partial charge < -0.3 is 4.74 Å². The number of amides is 1. The van der Waals surface area contributed by atoms with Crippen LogP contribution in [0.3, 0.4) is 0 Å². The molecular formula is C17H17ClN2O4S. The highest BCUT2D eigenvalue weighted by atomic mass is 35.5. The van der Waals surface area contributed by atoms with E-state index in [0.29, 0.717) is 17.7 Å². The van der Waals surface area contributed by atoms with Crippen LogP contribution in [0.5, 0.6) is 5.75 Å². The van der Waals surface area contributed by atoms with Gasteiger partial charge in [0, 0.05) is 12.1 Å². The Bertz CT molecular complexity index is 884. The van der Waals surface area contributed by atoms with E-state index in [0.717, 1.165) is 5.56 Å². The van der Waals surface area contributed by atoms with Crippen LogP contribution in [0.1, 0.15) is 23.5 Å². The Balaban J connectivity index is 1.61. The molecule has 8 heteroatoms. The van der Waals surface area contributed by atoms with Crippen LogP contribution in [-0.2, 0) is 20.6 Å². The molecule has 6 nitrogen and oxygen atoms in total. The Morgan fingerprint density at radius 2 is 2.16 bits per heavy atom. The summed E-state index contributed by atoms with van der Waals surface area (Å²) >= 11 is 5.67. The van der Waals surface area contributed by atoms with E-state index in [4.69, 9.17) is 16.3 Å². The lowest BCUT2D eigenvalue weighted by atomic mass is 10.1. The highest BCUT2D eigenvalue weighted by molar-refractivity contribution is 7.89. The molecule has 1 N–H and O–H groups in total. The van der Waals surface area contributed by atoms with Gasteiger partial charge in [-0.25, -0.2) is 13.4 Å². The first-order chi connectivity index (χ1) is 11.9. The minimum atomic E-state index is -3.78. The number of nitrogens with one attached hydrogen (secondary N) is 1. The molecule has 1 saturated carbocycles. The van der Waals surface area contributed by atoms with Crippen molar-refractivity contribution in [3.63, 3.8) is 0 Å². The van der Waals surface area contributed by atoms with Crippen molar-refractivity contribution in [1.29, 1.82) is 0 Å². The molecule has 0 aliphatic heterocycles. The molecule has 1 fully saturated rings. The lowest BCUT2D eigenvalue weighted by molar-refractivity contribution is -0.120. The molecule has 3 rings (SSSR count). The molecule has 1 aromatic carbocycles. The monoisotopic (exact) mass is 380 g/mol. The van der Waals surface area contributed by atoms with Gasteiger partial charge in [0.15, 0.2) is 0 Å². The van der Waals surface area contributed by atoms with Crippen molar-refractivity contribution < 1.29 is 17.9 Å². The molecule has 0 spiro atoms. The fourth-order valence-corrected chi connectivity index (χ4v) is 3.95. The van der Waals surface area contributed by atoms with Crippen molar-refractivity contribution in [2.45, 2.75) is 18.1 Å². The van der Waals surface area contributed by atoms with E-state index in [2.05, 4.69) is 9.71 Å². The molecular weight excluding hydrogens is 364 g/mol. The van der Waals surface area contributed by atoms with E-state index >= 15 is 0 Å². The van der Waals surface area contributed by atoms with Crippen LogP contribution in [-0.4, -0.2) is 26.4 Å². The van der Waals surface area contributed by atoms with Gasteiger partial charge in [-0.15, -0.1) is 0 Å². The number of hydrogen-bond donors (Lipinski definition) is 1. The van der Waals surface area contributed by atoms with E-state index in [9.17, 15) is 13.2 Å². The summed E-state index contributed by atoms with van der Waals surface area (Å²) in [7, 11) is -2.20. The molecule has 1 heterocycles. The largest absolute Gasteiger partial charge is 0.497 e. The SMILES string of the molecule is COc1cccc([C@H]2C[C@H]2C(=O)NS(=O)(=O)Cc2ccc(Cl)nc2)c1. The number of sulfonamides is 1. The number of nitrogens with zero attached hydrogens (tertiary/aromatic N) is 1. The molecule has 0 saturated heterocycles. The Labute approximate surface area is 151 Å². The number of carbonyl (C=O) groups excluding carboxylic acids is 1. The highest BCUT2D eigenvalue weighted by Crippen LogP contribution is 2.48. The summed E-state index contributed by atoms with van der Waals surface area (Å²) in [5.41, 5.74) is 1.43. The maximum Gasteiger partial charge on any atom is 0.239 e. The second-order valence-corrected chi connectivity index (χ2v) is 8.05. The van der Waals surface area contributed by atoms with Gasteiger partial charge >= 0.3 is 0 Å². The third kappa shape index (κ3) is 4.49. The first kappa shape index (κ1) is 17.7. The molecule has 2 aromatic rings. The van der Waals surface area contributed by atoms with Crippen LogP contribution in [0.2, 0.25) is 5.15 Å². The number of ether oxygens (including phenoxy) is 1. The Morgan fingerprint density at radius 3 is 2.84 bits per heavy atom. The zero-order valence-electron chi connectivity index (χ0n) is 13.5.